The van der Waals surface area contributed by atoms with Crippen molar-refractivity contribution in [1.82, 2.24) is 0 Å². The van der Waals surface area contributed by atoms with Crippen LogP contribution in [0.3, 0.4) is 0 Å². The number of nitrogens with one attached hydrogen (secondary N) is 1. The van der Waals surface area contributed by atoms with Gasteiger partial charge in [-0.3, -0.25) is 0 Å². The molecule has 0 aliphatic carbocycles. The topological polar surface area (TPSA) is 41.5 Å². The van der Waals surface area contributed by atoms with Crippen molar-refractivity contribution in [3.8, 4) is 0 Å². The maximum absolute atomic E-state index is 9.98. The Balaban J connectivity index is 1.77. The summed E-state index contributed by atoms with van der Waals surface area (Å²) in [6, 6.07) is 8.16. The molecule has 1 aromatic heterocycles. The van der Waals surface area contributed by atoms with Crippen LogP contribution in [0, 0.1) is 13.8 Å². The number of hydrogen-bond acceptors (Lipinski definition) is 4. The summed E-state index contributed by atoms with van der Waals surface area (Å²) in [5, 5.41) is 15.3. The summed E-state index contributed by atoms with van der Waals surface area (Å²) in [5.41, 5.74) is 3.40. The molecule has 1 aromatic carbocycles. The summed E-state index contributed by atoms with van der Waals surface area (Å²) >= 11 is 5.15. The van der Waals surface area contributed by atoms with Crippen molar-refractivity contribution in [3.63, 3.8) is 0 Å². The van der Waals surface area contributed by atoms with Crippen molar-refractivity contribution in [3.05, 3.63) is 50.1 Å². The third-order valence-electron chi connectivity index (χ3n) is 3.15. The molecule has 3 nitrogen and oxygen atoms in total. The number of benzene rings is 1. The van der Waals surface area contributed by atoms with E-state index in [1.54, 1.807) is 11.3 Å². The molecule has 0 saturated carbocycles. The van der Waals surface area contributed by atoms with E-state index in [2.05, 4.69) is 47.2 Å². The number of ether oxygens (including phenoxy) is 1. The molecule has 1 atom stereocenters. The normalized spacial score (nSPS) is 12.4. The van der Waals surface area contributed by atoms with E-state index in [-0.39, 0.29) is 0 Å². The monoisotopic (exact) mass is 369 g/mol. The van der Waals surface area contributed by atoms with Crippen molar-refractivity contribution in [2.24, 2.45) is 0 Å². The molecular formula is C16H20BrNO2S. The SMILES string of the molecule is Cc1cc(Br)cc(C)c1NCC(O)COCc1cccs1. The average molecular weight is 370 g/mol. The molecule has 0 amide bonds. The second-order valence-corrected chi connectivity index (χ2v) is 6.99. The first-order valence-electron chi connectivity index (χ1n) is 6.85. The summed E-state index contributed by atoms with van der Waals surface area (Å²) in [5.74, 6) is 0. The van der Waals surface area contributed by atoms with Crippen LogP contribution in [0.15, 0.2) is 34.1 Å². The van der Waals surface area contributed by atoms with Gasteiger partial charge in [0.1, 0.15) is 0 Å². The van der Waals surface area contributed by atoms with Crippen LogP contribution in [0.25, 0.3) is 0 Å². The maximum Gasteiger partial charge on any atom is 0.0945 e. The van der Waals surface area contributed by atoms with Gasteiger partial charge in [-0.1, -0.05) is 22.0 Å². The van der Waals surface area contributed by atoms with Crippen molar-refractivity contribution in [1.29, 1.82) is 0 Å². The Bertz CT molecular complexity index is 549. The van der Waals surface area contributed by atoms with Crippen LogP contribution in [0.2, 0.25) is 0 Å². The van der Waals surface area contributed by atoms with E-state index in [0.29, 0.717) is 19.8 Å². The minimum absolute atomic E-state index is 0.333. The summed E-state index contributed by atoms with van der Waals surface area (Å²) in [6.45, 7) is 5.48. The highest BCUT2D eigenvalue weighted by Gasteiger charge is 2.08. The lowest BCUT2D eigenvalue weighted by Crippen LogP contribution is -2.25. The summed E-state index contributed by atoms with van der Waals surface area (Å²) in [4.78, 5) is 1.18. The predicted molar refractivity (Wildman–Crippen MR) is 92.1 cm³/mol. The fraction of sp³-hybridized carbons (Fsp3) is 0.375. The number of aryl methyl sites for hydroxylation is 2. The molecule has 1 heterocycles. The van der Waals surface area contributed by atoms with Crippen LogP contribution in [-0.4, -0.2) is 24.4 Å². The summed E-state index contributed by atoms with van der Waals surface area (Å²) in [7, 11) is 0. The van der Waals surface area contributed by atoms with Gasteiger partial charge in [0.25, 0.3) is 0 Å². The number of aliphatic hydroxyl groups excluding tert-OH is 1. The zero-order valence-electron chi connectivity index (χ0n) is 12.2. The van der Waals surface area contributed by atoms with Gasteiger partial charge in [0.05, 0.1) is 19.3 Å². The average Bonchev–Trinajstić information content (AvgIpc) is 2.90. The first-order chi connectivity index (χ1) is 10.1. The molecule has 2 rings (SSSR count). The number of halogens is 1. The molecule has 114 valence electrons. The van der Waals surface area contributed by atoms with Crippen molar-refractivity contribution in [2.45, 2.75) is 26.6 Å². The number of hydrogen-bond donors (Lipinski definition) is 2. The minimum Gasteiger partial charge on any atom is -0.389 e. The number of anilines is 1. The molecular weight excluding hydrogens is 350 g/mol. The van der Waals surface area contributed by atoms with E-state index in [1.807, 2.05) is 17.5 Å². The highest BCUT2D eigenvalue weighted by Crippen LogP contribution is 2.25. The molecule has 0 spiro atoms. The van der Waals surface area contributed by atoms with E-state index in [1.165, 1.54) is 4.88 Å². The minimum atomic E-state index is -0.521. The standard InChI is InChI=1S/C16H20BrNO2S/c1-11-6-13(17)7-12(2)16(11)18-8-14(19)9-20-10-15-4-3-5-21-15/h3-7,14,18-19H,8-10H2,1-2H3. The predicted octanol–water partition coefficient (Wildman–Crippen LogP) is 4.12. The quantitative estimate of drug-likeness (QED) is 0.771. The van der Waals surface area contributed by atoms with Gasteiger partial charge in [-0.25, -0.2) is 0 Å². The second kappa shape index (κ2) is 7.94. The number of thiophene rings is 1. The van der Waals surface area contributed by atoms with Crippen LogP contribution < -0.4 is 5.32 Å². The molecule has 1 unspecified atom stereocenters. The van der Waals surface area contributed by atoms with Gasteiger partial charge < -0.3 is 15.2 Å². The molecule has 0 saturated heterocycles. The fourth-order valence-electron chi connectivity index (χ4n) is 2.16. The van der Waals surface area contributed by atoms with Gasteiger partial charge in [-0.05, 0) is 48.6 Å². The lowest BCUT2D eigenvalue weighted by atomic mass is 10.1. The molecule has 0 fully saturated rings. The van der Waals surface area contributed by atoms with Crippen molar-refractivity contribution < 1.29 is 9.84 Å². The Labute approximate surface area is 138 Å². The molecule has 0 radical (unpaired) electrons. The number of rotatable bonds is 7. The molecule has 2 N–H and O–H groups in total. The second-order valence-electron chi connectivity index (χ2n) is 5.04. The smallest absolute Gasteiger partial charge is 0.0945 e. The molecule has 0 bridgehead atoms. The van der Waals surface area contributed by atoms with Crippen molar-refractivity contribution >= 4 is 33.0 Å². The first kappa shape index (κ1) is 16.5. The Morgan fingerprint density at radius 3 is 2.67 bits per heavy atom. The van der Waals surface area contributed by atoms with E-state index in [4.69, 9.17) is 4.74 Å². The lowest BCUT2D eigenvalue weighted by Gasteiger charge is -2.16. The largest absolute Gasteiger partial charge is 0.389 e. The zero-order chi connectivity index (χ0) is 15.2. The van der Waals surface area contributed by atoms with Gasteiger partial charge in [0.15, 0.2) is 0 Å². The first-order valence-corrected chi connectivity index (χ1v) is 8.52. The Morgan fingerprint density at radius 1 is 1.33 bits per heavy atom. The van der Waals surface area contributed by atoms with Crippen LogP contribution in [0.1, 0.15) is 16.0 Å². The summed E-state index contributed by atoms with van der Waals surface area (Å²) < 4.78 is 6.59. The fourth-order valence-corrected chi connectivity index (χ4v) is 3.49. The van der Waals surface area contributed by atoms with Gasteiger partial charge >= 0.3 is 0 Å². The third kappa shape index (κ3) is 5.11. The van der Waals surface area contributed by atoms with E-state index >= 15 is 0 Å². The Kier molecular flexibility index (Phi) is 6.23. The van der Waals surface area contributed by atoms with Gasteiger partial charge in [-0.2, -0.15) is 0 Å². The molecule has 21 heavy (non-hydrogen) atoms. The van der Waals surface area contributed by atoms with Crippen LogP contribution in [0.5, 0.6) is 0 Å². The highest BCUT2D eigenvalue weighted by atomic mass is 79.9. The van der Waals surface area contributed by atoms with Gasteiger partial charge in [0.2, 0.25) is 0 Å². The zero-order valence-corrected chi connectivity index (χ0v) is 14.6. The Morgan fingerprint density at radius 2 is 2.05 bits per heavy atom. The van der Waals surface area contributed by atoms with Gasteiger partial charge in [-0.15, -0.1) is 11.3 Å². The van der Waals surface area contributed by atoms with E-state index in [0.717, 1.165) is 21.3 Å². The molecule has 0 aliphatic rings. The Hall–Kier alpha value is -0.880. The molecule has 5 heteroatoms. The van der Waals surface area contributed by atoms with Crippen molar-refractivity contribution in [2.75, 3.05) is 18.5 Å². The highest BCUT2D eigenvalue weighted by molar-refractivity contribution is 9.10. The van der Waals surface area contributed by atoms with Crippen LogP contribution >= 0.6 is 27.3 Å². The molecule has 2 aromatic rings. The summed E-state index contributed by atoms with van der Waals surface area (Å²) in [6.07, 6.45) is -0.521. The van der Waals surface area contributed by atoms with Crippen LogP contribution in [-0.2, 0) is 11.3 Å². The van der Waals surface area contributed by atoms with E-state index < -0.39 is 6.10 Å². The van der Waals surface area contributed by atoms with E-state index in [9.17, 15) is 5.11 Å². The molecule has 0 aliphatic heterocycles. The lowest BCUT2D eigenvalue weighted by molar-refractivity contribution is 0.0359. The van der Waals surface area contributed by atoms with Crippen LogP contribution in [0.4, 0.5) is 5.69 Å². The van der Waals surface area contributed by atoms with Gasteiger partial charge in [0, 0.05) is 21.6 Å². The maximum atomic E-state index is 9.98. The third-order valence-corrected chi connectivity index (χ3v) is 4.45. The number of aliphatic hydroxyl groups is 1.